The van der Waals surface area contributed by atoms with Gasteiger partial charge in [0.05, 0.1) is 55.7 Å². The van der Waals surface area contributed by atoms with Crippen molar-refractivity contribution < 1.29 is 53.6 Å². The molecule has 1 saturated carbocycles. The third kappa shape index (κ3) is 14.0. The van der Waals surface area contributed by atoms with Crippen LogP contribution in [-0.4, -0.2) is 109 Å². The van der Waals surface area contributed by atoms with Crippen LogP contribution in [0.5, 0.6) is 17.2 Å². The lowest BCUT2D eigenvalue weighted by Crippen LogP contribution is -2.70. The van der Waals surface area contributed by atoms with E-state index in [1.807, 2.05) is 12.1 Å². The quantitative estimate of drug-likeness (QED) is 0.0273. The summed E-state index contributed by atoms with van der Waals surface area (Å²) >= 11 is 0. The first-order valence-electron chi connectivity index (χ1n) is 24.4. The lowest BCUT2D eigenvalue weighted by atomic mass is 9.55. The van der Waals surface area contributed by atoms with Crippen LogP contribution in [0.25, 0.3) is 0 Å². The average Bonchev–Trinajstić information content (AvgIpc) is 3.32. The van der Waals surface area contributed by atoms with Crippen molar-refractivity contribution in [3.05, 3.63) is 82.4 Å². The number of aliphatic hydroxyl groups is 3. The highest BCUT2D eigenvalue weighted by molar-refractivity contribution is 6.03. The molecule has 0 saturated heterocycles. The molecule has 2 aromatic rings. The van der Waals surface area contributed by atoms with Gasteiger partial charge in [0.25, 0.3) is 5.69 Å². The molecule has 1 amide bonds. The number of amides is 1. The summed E-state index contributed by atoms with van der Waals surface area (Å²) in [5, 5.41) is 45.7. The van der Waals surface area contributed by atoms with Crippen molar-refractivity contribution in [2.45, 2.75) is 134 Å². The standard InChI is InChI=1S/C51H75N3O12/c1-4-6-7-8-9-10-11-12-13-18-31-63-50(58)53(26-32-62-33-29-57)47-37-45(52-61-3)43-34-38(20-14-16-27-55)42(23-15-17-28-56)48-44-36-41(65-40-22-19-21-39(35-40)54(59)60)24-25-46(44)66-51(47,49(43)48)64-30-5-2/h5,19,21-22,24-25,34-36,38,42,47-49,55-57H,2,4,6-18,20,23,26-33,37H2,1,3H3/t38-,42+,47-,48+,49+,51+/m0/s1. The second kappa shape index (κ2) is 27.9. The summed E-state index contributed by atoms with van der Waals surface area (Å²) in [4.78, 5) is 33.0. The van der Waals surface area contributed by atoms with Gasteiger partial charge in [-0.1, -0.05) is 101 Å². The van der Waals surface area contributed by atoms with Gasteiger partial charge in [0.2, 0.25) is 5.79 Å². The van der Waals surface area contributed by atoms with E-state index in [1.54, 1.807) is 29.2 Å². The Morgan fingerprint density at radius 3 is 2.30 bits per heavy atom. The lowest BCUT2D eigenvalue weighted by Gasteiger charge is -2.59. The molecule has 3 aliphatic rings. The van der Waals surface area contributed by atoms with Crippen LogP contribution in [-0.2, 0) is 19.0 Å². The second-order valence-corrected chi connectivity index (χ2v) is 17.6. The number of fused-ring (bicyclic) bond motifs is 2. The van der Waals surface area contributed by atoms with E-state index in [2.05, 4.69) is 24.7 Å². The van der Waals surface area contributed by atoms with Crippen molar-refractivity contribution in [2.24, 2.45) is 22.9 Å². The van der Waals surface area contributed by atoms with Crippen molar-refractivity contribution in [3.63, 3.8) is 0 Å². The van der Waals surface area contributed by atoms with E-state index in [9.17, 15) is 30.2 Å². The van der Waals surface area contributed by atoms with Gasteiger partial charge in [-0.05, 0) is 73.8 Å². The van der Waals surface area contributed by atoms with Gasteiger partial charge < -0.3 is 43.8 Å². The van der Waals surface area contributed by atoms with E-state index in [4.69, 9.17) is 28.5 Å². The predicted molar refractivity (Wildman–Crippen MR) is 253 cm³/mol. The highest BCUT2D eigenvalue weighted by Crippen LogP contribution is 2.62. The SMILES string of the molecule is C=CCO[C@@]12Oc3ccc(Oc4cccc([N+](=O)[O-])c4)cc3[C@H]3[C@H](CCCCO)[C@@H](CCCCO)C=C(C(=NOC)C[C@@H]1N(CCOCCO)C(=O)OCCCCCCCCCCCC)[C@H]32. The number of nitrogens with zero attached hydrogens (tertiary/aromatic N) is 3. The number of nitro benzene ring substituents is 1. The highest BCUT2D eigenvalue weighted by Gasteiger charge is 2.65. The number of hydrogen-bond donors (Lipinski definition) is 3. The number of unbranched alkanes of at least 4 members (excludes halogenated alkanes) is 11. The molecule has 1 fully saturated rings. The fourth-order valence-corrected chi connectivity index (χ4v) is 10.2. The molecule has 0 radical (unpaired) electrons. The minimum Gasteiger partial charge on any atom is -0.459 e. The summed E-state index contributed by atoms with van der Waals surface area (Å²) in [7, 11) is 1.50. The van der Waals surface area contributed by atoms with Gasteiger partial charge in [-0.15, -0.1) is 6.58 Å². The minimum absolute atomic E-state index is 0.0171. The molecule has 0 aromatic heterocycles. The molecule has 2 aromatic carbocycles. The Hall–Kier alpha value is -4.54. The molecule has 3 N–H and O–H groups in total. The van der Waals surface area contributed by atoms with Crippen molar-refractivity contribution in [2.75, 3.05) is 59.9 Å². The fourth-order valence-electron chi connectivity index (χ4n) is 10.2. The van der Waals surface area contributed by atoms with E-state index in [-0.39, 0.29) is 82.7 Å². The number of ether oxygens (including phenoxy) is 5. The van der Waals surface area contributed by atoms with Crippen molar-refractivity contribution in [1.82, 2.24) is 4.90 Å². The number of rotatable bonds is 32. The Kier molecular flexibility index (Phi) is 22.2. The van der Waals surface area contributed by atoms with Gasteiger partial charge in [0.1, 0.15) is 30.4 Å². The lowest BCUT2D eigenvalue weighted by molar-refractivity contribution is -0.384. The molecule has 0 bridgehead atoms. The topological polar surface area (TPSA) is 192 Å². The number of oxime groups is 1. The summed E-state index contributed by atoms with van der Waals surface area (Å²) in [5.74, 6) is -1.11. The van der Waals surface area contributed by atoms with Gasteiger partial charge in [0.15, 0.2) is 0 Å². The van der Waals surface area contributed by atoms with Crippen LogP contribution in [0.4, 0.5) is 10.5 Å². The van der Waals surface area contributed by atoms with Crippen molar-refractivity contribution >= 4 is 17.5 Å². The predicted octanol–water partition coefficient (Wildman–Crippen LogP) is 10.0. The Bertz CT molecular complexity index is 1870. The number of carbonyl (C=O) groups excluding carboxylic acids is 1. The normalized spacial score (nSPS) is 22.4. The van der Waals surface area contributed by atoms with Crippen LogP contribution in [0, 0.1) is 27.9 Å². The van der Waals surface area contributed by atoms with Gasteiger partial charge in [-0.2, -0.15) is 0 Å². The fraction of sp³-hybridized carbons (Fsp3) is 0.647. The molecule has 366 valence electrons. The first-order valence-corrected chi connectivity index (χ1v) is 24.4. The van der Waals surface area contributed by atoms with Gasteiger partial charge in [-0.25, -0.2) is 4.79 Å². The maximum Gasteiger partial charge on any atom is 0.410 e. The molecule has 2 aliphatic carbocycles. The molecular weight excluding hydrogens is 847 g/mol. The molecule has 6 atom stereocenters. The molecule has 15 nitrogen and oxygen atoms in total. The van der Waals surface area contributed by atoms with Crippen LogP contribution in [0.15, 0.2) is 71.9 Å². The summed E-state index contributed by atoms with van der Waals surface area (Å²) in [6, 6.07) is 10.7. The smallest absolute Gasteiger partial charge is 0.410 e. The number of aliphatic hydroxyl groups excluding tert-OH is 3. The van der Waals surface area contributed by atoms with Crippen molar-refractivity contribution in [3.8, 4) is 17.2 Å². The van der Waals surface area contributed by atoms with E-state index in [0.717, 1.165) is 62.5 Å². The molecule has 5 rings (SSSR count). The molecule has 0 spiro atoms. The zero-order valence-corrected chi connectivity index (χ0v) is 39.3. The highest BCUT2D eigenvalue weighted by atomic mass is 16.7. The zero-order chi connectivity index (χ0) is 47.2. The van der Waals surface area contributed by atoms with Crippen LogP contribution in [0.3, 0.4) is 0 Å². The molecule has 1 heterocycles. The molecular formula is C51H75N3O12. The Morgan fingerprint density at radius 2 is 1.62 bits per heavy atom. The van der Waals surface area contributed by atoms with Crippen LogP contribution in [0.1, 0.15) is 128 Å². The number of hydrogen-bond acceptors (Lipinski definition) is 13. The van der Waals surface area contributed by atoms with Gasteiger partial charge >= 0.3 is 6.09 Å². The van der Waals surface area contributed by atoms with Crippen LogP contribution < -0.4 is 9.47 Å². The summed E-state index contributed by atoms with van der Waals surface area (Å²) < 4.78 is 32.5. The van der Waals surface area contributed by atoms with Crippen LogP contribution in [0.2, 0.25) is 0 Å². The summed E-state index contributed by atoms with van der Waals surface area (Å²) in [5.41, 5.74) is 2.25. The third-order valence-corrected chi connectivity index (χ3v) is 13.2. The average molecular weight is 922 g/mol. The van der Waals surface area contributed by atoms with E-state index in [0.29, 0.717) is 35.8 Å². The first kappa shape index (κ1) is 52.4. The minimum atomic E-state index is -1.51. The van der Waals surface area contributed by atoms with E-state index < -0.39 is 28.8 Å². The first-order chi connectivity index (χ1) is 32.3. The Labute approximate surface area is 391 Å². The number of non-ortho nitro benzene ring substituents is 1. The third-order valence-electron chi connectivity index (χ3n) is 13.2. The maximum atomic E-state index is 14.6. The van der Waals surface area contributed by atoms with Crippen LogP contribution >= 0.6 is 0 Å². The van der Waals surface area contributed by atoms with E-state index in [1.165, 1.54) is 57.8 Å². The number of allylic oxidation sites excluding steroid dienone is 1. The molecule has 66 heavy (non-hydrogen) atoms. The van der Waals surface area contributed by atoms with E-state index >= 15 is 0 Å². The second-order valence-electron chi connectivity index (χ2n) is 17.6. The van der Waals surface area contributed by atoms with Gasteiger partial charge in [-0.3, -0.25) is 15.0 Å². The number of nitro groups is 1. The number of benzene rings is 2. The Balaban J connectivity index is 1.59. The van der Waals surface area contributed by atoms with Gasteiger partial charge in [0, 0.05) is 43.7 Å². The van der Waals surface area contributed by atoms with Crippen molar-refractivity contribution in [1.29, 1.82) is 0 Å². The zero-order valence-electron chi connectivity index (χ0n) is 39.3. The maximum absolute atomic E-state index is 14.6. The molecule has 0 unspecified atom stereocenters. The largest absolute Gasteiger partial charge is 0.459 e. The number of carbonyl (C=O) groups is 1. The monoisotopic (exact) mass is 922 g/mol. The molecule has 1 aliphatic heterocycles. The summed E-state index contributed by atoms with van der Waals surface area (Å²) in [6.07, 6.45) is 19.3. The Morgan fingerprint density at radius 1 is 0.909 bits per heavy atom. The molecule has 15 heteroatoms. The summed E-state index contributed by atoms with van der Waals surface area (Å²) in [6.45, 7) is 6.82.